The van der Waals surface area contributed by atoms with E-state index in [0.29, 0.717) is 26.1 Å². The number of amides is 2. The molecule has 1 aromatic rings. The van der Waals surface area contributed by atoms with Crippen molar-refractivity contribution < 1.29 is 22.7 Å². The minimum absolute atomic E-state index is 0.0401. The molecule has 2 aliphatic rings. The van der Waals surface area contributed by atoms with E-state index in [1.807, 2.05) is 6.92 Å². The van der Waals surface area contributed by atoms with Crippen LogP contribution in [0.3, 0.4) is 0 Å². The minimum atomic E-state index is -3.63. The molecule has 0 saturated carbocycles. The number of hydrogen-bond donors (Lipinski definition) is 2. The van der Waals surface area contributed by atoms with E-state index in [1.54, 1.807) is 24.3 Å². The predicted molar refractivity (Wildman–Crippen MR) is 103 cm³/mol. The second-order valence-electron chi connectivity index (χ2n) is 7.28. The first-order valence-electron chi connectivity index (χ1n) is 9.64. The summed E-state index contributed by atoms with van der Waals surface area (Å²) in [6.45, 7) is 3.40. The maximum Gasteiger partial charge on any atom is 0.309 e. The number of sulfonamides is 1. The average molecular weight is 410 g/mol. The van der Waals surface area contributed by atoms with Gasteiger partial charge in [-0.3, -0.25) is 9.59 Å². The van der Waals surface area contributed by atoms with Crippen molar-refractivity contribution in [2.75, 3.05) is 26.2 Å². The van der Waals surface area contributed by atoms with Gasteiger partial charge in [-0.15, -0.1) is 0 Å². The zero-order chi connectivity index (χ0) is 20.1. The molecule has 2 unspecified atom stereocenters. The Hall–Kier alpha value is -1.97. The van der Waals surface area contributed by atoms with Gasteiger partial charge in [0, 0.05) is 32.3 Å². The van der Waals surface area contributed by atoms with Crippen LogP contribution < -0.4 is 10.6 Å². The van der Waals surface area contributed by atoms with E-state index in [9.17, 15) is 18.0 Å². The van der Waals surface area contributed by atoms with Gasteiger partial charge in [0.05, 0.1) is 11.0 Å². The molecule has 8 nitrogen and oxygen atoms in total. The largest absolute Gasteiger partial charge is 0.376 e. The number of nitrogens with one attached hydrogen (secondary N) is 2. The fraction of sp³-hybridized carbons (Fsp3) is 0.579. The molecular formula is C19H27N3O5S. The molecule has 2 saturated heterocycles. The van der Waals surface area contributed by atoms with Crippen molar-refractivity contribution in [2.24, 2.45) is 0 Å². The summed E-state index contributed by atoms with van der Waals surface area (Å²) >= 11 is 0. The maximum absolute atomic E-state index is 12.9. The highest BCUT2D eigenvalue weighted by molar-refractivity contribution is 7.89. The first-order valence-corrected chi connectivity index (χ1v) is 11.1. The standard InChI is InChI=1S/C19H27N3O5S/c1-14-6-8-17(9-7-14)28(25,26)22-10-2-4-15(22)12-20-18(23)19(24)21-13-16-5-3-11-27-16/h6-9,15-16H,2-5,10-13H2,1H3,(H,20,23)(H,21,24). The van der Waals surface area contributed by atoms with Gasteiger partial charge in [-0.05, 0) is 44.7 Å². The Morgan fingerprint density at radius 2 is 1.75 bits per heavy atom. The van der Waals surface area contributed by atoms with Crippen molar-refractivity contribution in [3.05, 3.63) is 29.8 Å². The Bertz CT molecular complexity index is 803. The molecule has 28 heavy (non-hydrogen) atoms. The zero-order valence-corrected chi connectivity index (χ0v) is 16.8. The summed E-state index contributed by atoms with van der Waals surface area (Å²) in [5, 5.41) is 5.13. The van der Waals surface area contributed by atoms with Crippen LogP contribution in [-0.4, -0.2) is 62.9 Å². The molecule has 3 rings (SSSR count). The number of rotatable bonds is 6. The fourth-order valence-electron chi connectivity index (χ4n) is 3.56. The second-order valence-corrected chi connectivity index (χ2v) is 9.17. The van der Waals surface area contributed by atoms with Gasteiger partial charge in [0.15, 0.2) is 0 Å². The lowest BCUT2D eigenvalue weighted by atomic mass is 10.2. The number of aryl methyl sites for hydroxylation is 1. The number of carbonyl (C=O) groups excluding carboxylic acids is 2. The lowest BCUT2D eigenvalue weighted by Crippen LogP contribution is -2.47. The smallest absolute Gasteiger partial charge is 0.309 e. The fourth-order valence-corrected chi connectivity index (χ4v) is 5.25. The van der Waals surface area contributed by atoms with Gasteiger partial charge in [0.1, 0.15) is 0 Å². The quantitative estimate of drug-likeness (QED) is 0.668. The van der Waals surface area contributed by atoms with Gasteiger partial charge in [0.2, 0.25) is 10.0 Å². The third kappa shape index (κ3) is 4.89. The highest BCUT2D eigenvalue weighted by Crippen LogP contribution is 2.25. The Morgan fingerprint density at radius 3 is 2.39 bits per heavy atom. The van der Waals surface area contributed by atoms with E-state index in [1.165, 1.54) is 4.31 Å². The molecular weight excluding hydrogens is 382 g/mol. The predicted octanol–water partition coefficient (Wildman–Crippen LogP) is 0.560. The third-order valence-electron chi connectivity index (χ3n) is 5.17. The number of benzene rings is 1. The van der Waals surface area contributed by atoms with Crippen LogP contribution in [-0.2, 0) is 24.3 Å². The van der Waals surface area contributed by atoms with Crippen LogP contribution in [0.1, 0.15) is 31.2 Å². The summed E-state index contributed by atoms with van der Waals surface area (Å²) in [6.07, 6.45) is 3.15. The lowest BCUT2D eigenvalue weighted by Gasteiger charge is -2.24. The summed E-state index contributed by atoms with van der Waals surface area (Å²) in [4.78, 5) is 24.2. The SMILES string of the molecule is Cc1ccc(S(=O)(=O)N2CCCC2CNC(=O)C(=O)NCC2CCCO2)cc1. The van der Waals surface area contributed by atoms with Crippen molar-refractivity contribution in [1.29, 1.82) is 0 Å². The number of carbonyl (C=O) groups is 2. The zero-order valence-electron chi connectivity index (χ0n) is 16.0. The number of nitrogens with zero attached hydrogens (tertiary/aromatic N) is 1. The van der Waals surface area contributed by atoms with E-state index >= 15 is 0 Å². The lowest BCUT2D eigenvalue weighted by molar-refractivity contribution is -0.139. The summed E-state index contributed by atoms with van der Waals surface area (Å²) in [7, 11) is -3.63. The molecule has 0 radical (unpaired) electrons. The Kier molecular flexibility index (Phi) is 6.69. The van der Waals surface area contributed by atoms with Gasteiger partial charge < -0.3 is 15.4 Å². The van der Waals surface area contributed by atoms with Crippen molar-refractivity contribution in [1.82, 2.24) is 14.9 Å². The van der Waals surface area contributed by atoms with Crippen LogP contribution in [0, 0.1) is 6.92 Å². The van der Waals surface area contributed by atoms with Crippen LogP contribution >= 0.6 is 0 Å². The van der Waals surface area contributed by atoms with E-state index in [2.05, 4.69) is 10.6 Å². The van der Waals surface area contributed by atoms with E-state index in [0.717, 1.165) is 24.8 Å². The molecule has 0 aromatic heterocycles. The molecule has 2 heterocycles. The minimum Gasteiger partial charge on any atom is -0.376 e. The molecule has 2 atom stereocenters. The molecule has 2 aliphatic heterocycles. The molecule has 2 fully saturated rings. The molecule has 0 aliphatic carbocycles. The van der Waals surface area contributed by atoms with Gasteiger partial charge in [-0.25, -0.2) is 8.42 Å². The Balaban J connectivity index is 1.53. The van der Waals surface area contributed by atoms with Gasteiger partial charge in [0.25, 0.3) is 0 Å². The number of hydrogen-bond acceptors (Lipinski definition) is 5. The first kappa shape index (κ1) is 20.8. The molecule has 0 bridgehead atoms. The molecule has 2 amide bonds. The van der Waals surface area contributed by atoms with E-state index < -0.39 is 21.8 Å². The molecule has 0 spiro atoms. The van der Waals surface area contributed by atoms with Crippen LogP contribution in [0.25, 0.3) is 0 Å². The number of ether oxygens (including phenoxy) is 1. The van der Waals surface area contributed by atoms with Crippen molar-refractivity contribution in [3.8, 4) is 0 Å². The van der Waals surface area contributed by atoms with Crippen LogP contribution in [0.4, 0.5) is 0 Å². The van der Waals surface area contributed by atoms with Gasteiger partial charge >= 0.3 is 11.8 Å². The van der Waals surface area contributed by atoms with Gasteiger partial charge in [-0.2, -0.15) is 4.31 Å². The van der Waals surface area contributed by atoms with E-state index in [-0.39, 0.29) is 23.6 Å². The highest BCUT2D eigenvalue weighted by Gasteiger charge is 2.35. The average Bonchev–Trinajstić information content (AvgIpc) is 3.36. The Labute approximate surface area is 165 Å². The Morgan fingerprint density at radius 1 is 1.07 bits per heavy atom. The van der Waals surface area contributed by atoms with E-state index in [4.69, 9.17) is 4.74 Å². The topological polar surface area (TPSA) is 105 Å². The van der Waals surface area contributed by atoms with Crippen molar-refractivity contribution in [3.63, 3.8) is 0 Å². The van der Waals surface area contributed by atoms with Crippen LogP contribution in [0.5, 0.6) is 0 Å². The van der Waals surface area contributed by atoms with Crippen LogP contribution in [0.2, 0.25) is 0 Å². The normalized spacial score (nSPS) is 22.9. The summed E-state index contributed by atoms with van der Waals surface area (Å²) in [5.41, 5.74) is 0.984. The molecule has 2 N–H and O–H groups in total. The second kappa shape index (κ2) is 9.02. The maximum atomic E-state index is 12.9. The van der Waals surface area contributed by atoms with Crippen LogP contribution in [0.15, 0.2) is 29.2 Å². The third-order valence-corrected chi connectivity index (χ3v) is 7.14. The van der Waals surface area contributed by atoms with Crippen molar-refractivity contribution >= 4 is 21.8 Å². The highest BCUT2D eigenvalue weighted by atomic mass is 32.2. The first-order chi connectivity index (χ1) is 13.4. The molecule has 9 heteroatoms. The summed E-state index contributed by atoms with van der Waals surface area (Å²) in [5.74, 6) is -1.47. The molecule has 1 aromatic carbocycles. The summed E-state index contributed by atoms with van der Waals surface area (Å²) in [6, 6.07) is 6.35. The van der Waals surface area contributed by atoms with Gasteiger partial charge in [-0.1, -0.05) is 17.7 Å². The molecule has 154 valence electrons. The monoisotopic (exact) mass is 409 g/mol. The van der Waals surface area contributed by atoms with Crippen molar-refractivity contribution in [2.45, 2.75) is 49.6 Å². The summed E-state index contributed by atoms with van der Waals surface area (Å²) < 4.78 is 32.6.